The number of carbonyl (C=O) groups excluding carboxylic acids is 2. The van der Waals surface area contributed by atoms with Crippen molar-refractivity contribution in [2.24, 2.45) is 5.92 Å². The Morgan fingerprint density at radius 1 is 0.818 bits per heavy atom. The van der Waals surface area contributed by atoms with Gasteiger partial charge in [0, 0.05) is 5.56 Å². The molecule has 0 unspecified atom stereocenters. The molecule has 2 fully saturated rings. The summed E-state index contributed by atoms with van der Waals surface area (Å²) in [6.45, 7) is 1.96. The maximum atomic E-state index is 13.7. The summed E-state index contributed by atoms with van der Waals surface area (Å²) in [7, 11) is 3.16. The second-order valence-corrected chi connectivity index (χ2v) is 8.11. The number of imide groups is 1. The van der Waals surface area contributed by atoms with Crippen LogP contribution in [-0.4, -0.2) is 32.1 Å². The number of rotatable bonds is 5. The number of fused-ring (bicyclic) bond motifs is 1. The van der Waals surface area contributed by atoms with Gasteiger partial charge in [0.2, 0.25) is 5.91 Å². The maximum Gasteiger partial charge on any atom is 0.266 e. The van der Waals surface area contributed by atoms with E-state index in [9.17, 15) is 9.59 Å². The number of benzene rings is 3. The lowest BCUT2D eigenvalue weighted by atomic mass is 9.89. The number of para-hydroxylation sites is 1. The Labute approximate surface area is 192 Å². The molecule has 3 aromatic carbocycles. The molecule has 0 spiro atoms. The van der Waals surface area contributed by atoms with Crippen LogP contribution in [0, 0.1) is 12.8 Å². The minimum absolute atomic E-state index is 0.304. The van der Waals surface area contributed by atoms with Crippen molar-refractivity contribution in [2.75, 3.05) is 24.2 Å². The van der Waals surface area contributed by atoms with Gasteiger partial charge in [0.25, 0.3) is 5.91 Å². The predicted octanol–water partition coefficient (Wildman–Crippen LogP) is 4.06. The molecule has 3 aromatic rings. The van der Waals surface area contributed by atoms with Crippen molar-refractivity contribution in [1.82, 2.24) is 0 Å². The van der Waals surface area contributed by atoms with Gasteiger partial charge in [-0.25, -0.2) is 9.96 Å². The highest BCUT2D eigenvalue weighted by Gasteiger charge is 2.60. The molecule has 168 valence electrons. The van der Waals surface area contributed by atoms with Crippen molar-refractivity contribution in [1.29, 1.82) is 0 Å². The Balaban J connectivity index is 1.63. The van der Waals surface area contributed by atoms with E-state index in [0.29, 0.717) is 22.7 Å². The quantitative estimate of drug-likeness (QED) is 0.553. The van der Waals surface area contributed by atoms with Crippen molar-refractivity contribution < 1.29 is 23.9 Å². The topological polar surface area (TPSA) is 68.3 Å². The molecule has 0 radical (unpaired) electrons. The number of anilines is 2. The van der Waals surface area contributed by atoms with Crippen LogP contribution in [0.25, 0.3) is 0 Å². The smallest absolute Gasteiger partial charge is 0.266 e. The normalized spacial score (nSPS) is 22.0. The van der Waals surface area contributed by atoms with Crippen molar-refractivity contribution in [3.63, 3.8) is 0 Å². The van der Waals surface area contributed by atoms with E-state index in [1.54, 1.807) is 43.5 Å². The molecule has 0 aliphatic carbocycles. The molecule has 3 atom stereocenters. The largest absolute Gasteiger partial charge is 0.497 e. The molecule has 2 aliphatic heterocycles. The SMILES string of the molecule is COc1ccc(OC)c([C@@H]2[C@@H]3C(=O)N(c4ccc(C)cc4)C(=O)[C@@H]3ON2c2ccccc2)c1. The molecule has 0 N–H and O–H groups in total. The van der Waals surface area contributed by atoms with Gasteiger partial charge >= 0.3 is 0 Å². The molecule has 7 heteroatoms. The van der Waals surface area contributed by atoms with Gasteiger partial charge in [-0.15, -0.1) is 0 Å². The van der Waals surface area contributed by atoms with E-state index in [0.717, 1.165) is 11.3 Å². The first-order valence-electron chi connectivity index (χ1n) is 10.7. The lowest BCUT2D eigenvalue weighted by Gasteiger charge is -2.29. The van der Waals surface area contributed by atoms with Gasteiger partial charge in [-0.3, -0.25) is 14.4 Å². The Hall–Kier alpha value is -3.84. The van der Waals surface area contributed by atoms with Crippen LogP contribution < -0.4 is 19.4 Å². The minimum atomic E-state index is -0.945. The number of carbonyl (C=O) groups is 2. The fourth-order valence-electron chi connectivity index (χ4n) is 4.55. The monoisotopic (exact) mass is 444 g/mol. The number of methoxy groups -OCH3 is 2. The average Bonchev–Trinajstić information content (AvgIpc) is 3.36. The van der Waals surface area contributed by atoms with Gasteiger partial charge in [-0.05, 0) is 49.4 Å². The molecular weight excluding hydrogens is 420 g/mol. The van der Waals surface area contributed by atoms with E-state index < -0.39 is 18.1 Å². The molecule has 0 aromatic heterocycles. The number of hydrogen-bond donors (Lipinski definition) is 0. The van der Waals surface area contributed by atoms with Crippen molar-refractivity contribution in [2.45, 2.75) is 19.1 Å². The van der Waals surface area contributed by atoms with Gasteiger partial charge in [-0.1, -0.05) is 35.9 Å². The molecule has 0 bridgehead atoms. The first kappa shape index (κ1) is 21.0. The molecule has 2 amide bonds. The summed E-state index contributed by atoms with van der Waals surface area (Å²) in [5, 5.41) is 1.65. The van der Waals surface area contributed by atoms with Crippen LogP contribution in [0.5, 0.6) is 11.5 Å². The molecule has 0 saturated carbocycles. The van der Waals surface area contributed by atoms with Crippen LogP contribution >= 0.6 is 0 Å². The first-order chi connectivity index (χ1) is 16.0. The maximum absolute atomic E-state index is 13.7. The number of hydroxylamine groups is 1. The Bertz CT molecular complexity index is 1200. The molecule has 33 heavy (non-hydrogen) atoms. The van der Waals surface area contributed by atoms with Gasteiger partial charge in [0.05, 0.1) is 25.6 Å². The summed E-state index contributed by atoms with van der Waals surface area (Å²) in [5.74, 6) is -0.226. The summed E-state index contributed by atoms with van der Waals surface area (Å²) in [6, 6.07) is 21.6. The number of aryl methyl sites for hydroxylation is 1. The van der Waals surface area contributed by atoms with Gasteiger partial charge in [0.1, 0.15) is 23.5 Å². The third kappa shape index (κ3) is 3.41. The number of ether oxygens (including phenoxy) is 2. The van der Waals surface area contributed by atoms with Crippen LogP contribution in [0.2, 0.25) is 0 Å². The second kappa shape index (κ2) is 8.26. The third-order valence-corrected chi connectivity index (χ3v) is 6.17. The molecule has 2 saturated heterocycles. The van der Waals surface area contributed by atoms with Crippen molar-refractivity contribution >= 4 is 23.2 Å². The highest BCUT2D eigenvalue weighted by Crippen LogP contribution is 2.50. The molecule has 2 heterocycles. The fraction of sp³-hybridized carbons (Fsp3) is 0.231. The molecular formula is C26H24N2O5. The van der Waals surface area contributed by atoms with E-state index in [2.05, 4.69) is 0 Å². The molecule has 7 nitrogen and oxygen atoms in total. The van der Waals surface area contributed by atoms with E-state index >= 15 is 0 Å². The average molecular weight is 444 g/mol. The van der Waals surface area contributed by atoms with Crippen LogP contribution in [-0.2, 0) is 14.4 Å². The number of nitrogens with zero attached hydrogens (tertiary/aromatic N) is 2. The number of hydrogen-bond acceptors (Lipinski definition) is 6. The predicted molar refractivity (Wildman–Crippen MR) is 123 cm³/mol. The lowest BCUT2D eigenvalue weighted by Crippen LogP contribution is -2.37. The zero-order valence-corrected chi connectivity index (χ0v) is 18.6. The van der Waals surface area contributed by atoms with Gasteiger partial charge in [-0.2, -0.15) is 0 Å². The van der Waals surface area contributed by atoms with E-state index in [1.807, 2.05) is 55.5 Å². The Morgan fingerprint density at radius 3 is 2.21 bits per heavy atom. The highest BCUT2D eigenvalue weighted by molar-refractivity contribution is 6.24. The van der Waals surface area contributed by atoms with Crippen LogP contribution in [0.4, 0.5) is 11.4 Å². The van der Waals surface area contributed by atoms with Crippen LogP contribution in [0.1, 0.15) is 17.2 Å². The minimum Gasteiger partial charge on any atom is -0.497 e. The second-order valence-electron chi connectivity index (χ2n) is 8.11. The third-order valence-electron chi connectivity index (χ3n) is 6.17. The molecule has 5 rings (SSSR count). The summed E-state index contributed by atoms with van der Waals surface area (Å²) in [4.78, 5) is 34.6. The Kier molecular flexibility index (Phi) is 5.26. The summed E-state index contributed by atoms with van der Waals surface area (Å²) in [6.07, 6.45) is -0.945. The zero-order valence-electron chi connectivity index (χ0n) is 18.6. The highest BCUT2D eigenvalue weighted by atomic mass is 16.7. The van der Waals surface area contributed by atoms with Crippen LogP contribution in [0.3, 0.4) is 0 Å². The lowest BCUT2D eigenvalue weighted by molar-refractivity contribution is -0.126. The van der Waals surface area contributed by atoms with Gasteiger partial charge in [0.15, 0.2) is 6.10 Å². The van der Waals surface area contributed by atoms with Crippen molar-refractivity contribution in [3.05, 3.63) is 83.9 Å². The van der Waals surface area contributed by atoms with E-state index in [1.165, 1.54) is 4.90 Å². The standard InChI is InChI=1S/C26H24N2O5/c1-16-9-11-17(12-10-16)27-25(29)22-23(20-15-19(31-2)13-14-21(20)32-3)28(33-24(22)26(27)30)18-7-5-4-6-8-18/h4-15,22-24H,1-3H3/t22-,23+,24+/m0/s1. The summed E-state index contributed by atoms with van der Waals surface area (Å²) in [5.41, 5.74) is 3.03. The van der Waals surface area contributed by atoms with Crippen LogP contribution in [0.15, 0.2) is 72.8 Å². The zero-order chi connectivity index (χ0) is 23.1. The summed E-state index contributed by atoms with van der Waals surface area (Å²) < 4.78 is 11.1. The Morgan fingerprint density at radius 2 is 1.55 bits per heavy atom. The van der Waals surface area contributed by atoms with Crippen molar-refractivity contribution in [3.8, 4) is 11.5 Å². The number of amides is 2. The summed E-state index contributed by atoms with van der Waals surface area (Å²) >= 11 is 0. The van der Waals surface area contributed by atoms with Gasteiger partial charge < -0.3 is 9.47 Å². The fourth-order valence-corrected chi connectivity index (χ4v) is 4.55. The molecule has 2 aliphatic rings. The van der Waals surface area contributed by atoms with E-state index in [4.69, 9.17) is 14.3 Å². The van der Waals surface area contributed by atoms with E-state index in [-0.39, 0.29) is 11.8 Å². The first-order valence-corrected chi connectivity index (χ1v) is 10.7.